The van der Waals surface area contributed by atoms with Crippen molar-refractivity contribution in [3.05, 3.63) is 64.2 Å². The lowest BCUT2D eigenvalue weighted by Gasteiger charge is -2.36. The Balaban J connectivity index is 1.24. The molecule has 5 nitrogen and oxygen atoms in total. The summed E-state index contributed by atoms with van der Waals surface area (Å²) in [7, 11) is 0. The Bertz CT molecular complexity index is 936. The first-order valence-electron chi connectivity index (χ1n) is 12.2. The van der Waals surface area contributed by atoms with E-state index in [-0.39, 0.29) is 13.0 Å². The van der Waals surface area contributed by atoms with E-state index in [0.29, 0.717) is 17.5 Å². The van der Waals surface area contributed by atoms with Crippen LogP contribution in [0.1, 0.15) is 61.3 Å². The molecular formula is C27H33ClO5. The Morgan fingerprint density at radius 2 is 1.70 bits per heavy atom. The maximum Gasteiger partial charge on any atom is 0.119 e. The van der Waals surface area contributed by atoms with Crippen LogP contribution in [0.15, 0.2) is 42.5 Å². The second kappa shape index (κ2) is 9.93. The molecule has 2 aliphatic carbocycles. The molecule has 2 aromatic rings. The van der Waals surface area contributed by atoms with Crippen LogP contribution in [0.4, 0.5) is 0 Å². The fourth-order valence-corrected chi connectivity index (χ4v) is 6.13. The van der Waals surface area contributed by atoms with E-state index in [1.807, 2.05) is 18.2 Å². The molecule has 1 aliphatic heterocycles. The average Bonchev–Trinajstić information content (AvgIpc) is 3.40. The highest BCUT2D eigenvalue weighted by Gasteiger charge is 2.38. The highest BCUT2D eigenvalue weighted by Crippen LogP contribution is 2.45. The Labute approximate surface area is 200 Å². The monoisotopic (exact) mass is 472 g/mol. The number of fused-ring (bicyclic) bond motifs is 1. The zero-order valence-electron chi connectivity index (χ0n) is 18.8. The van der Waals surface area contributed by atoms with Crippen LogP contribution in [0.25, 0.3) is 0 Å². The summed E-state index contributed by atoms with van der Waals surface area (Å²) < 4.78 is 12.1. The minimum atomic E-state index is -1.08. The first-order chi connectivity index (χ1) is 16.0. The minimum Gasteiger partial charge on any atom is -0.490 e. The molecule has 3 aliphatic rings. The molecule has 3 fully saturated rings. The number of halogens is 1. The SMILES string of the molecule is OC[C@H]1OC(c2ccc(Cl)c(Cc3ccc(OC4CC5CCCC5C4)cc3)c2)C[C@@H](O)[C@@H]1O. The van der Waals surface area contributed by atoms with E-state index in [9.17, 15) is 15.3 Å². The van der Waals surface area contributed by atoms with Crippen molar-refractivity contribution in [2.75, 3.05) is 6.61 Å². The van der Waals surface area contributed by atoms with Crippen LogP contribution in [0.2, 0.25) is 5.02 Å². The highest BCUT2D eigenvalue weighted by atomic mass is 35.5. The van der Waals surface area contributed by atoms with Gasteiger partial charge in [0.15, 0.2) is 0 Å². The first kappa shape index (κ1) is 23.1. The molecule has 5 rings (SSSR count). The minimum absolute atomic E-state index is 0.271. The third-order valence-corrected chi connectivity index (χ3v) is 8.13. The van der Waals surface area contributed by atoms with E-state index >= 15 is 0 Å². The Morgan fingerprint density at radius 1 is 0.970 bits per heavy atom. The lowest BCUT2D eigenvalue weighted by Crippen LogP contribution is -2.47. The van der Waals surface area contributed by atoms with Gasteiger partial charge in [-0.3, -0.25) is 0 Å². The molecular weight excluding hydrogens is 440 g/mol. The van der Waals surface area contributed by atoms with Crippen LogP contribution in [0.5, 0.6) is 5.75 Å². The predicted molar refractivity (Wildman–Crippen MR) is 127 cm³/mol. The summed E-state index contributed by atoms with van der Waals surface area (Å²) in [6.07, 6.45) is 4.59. The van der Waals surface area contributed by atoms with Gasteiger partial charge in [-0.15, -0.1) is 0 Å². The Kier molecular flexibility index (Phi) is 6.96. The Morgan fingerprint density at radius 3 is 2.39 bits per heavy atom. The summed E-state index contributed by atoms with van der Waals surface area (Å²) in [5.41, 5.74) is 2.99. The molecule has 1 heterocycles. The molecule has 0 amide bonds. The molecule has 0 radical (unpaired) electrons. The van der Waals surface area contributed by atoms with Crippen molar-refractivity contribution in [1.29, 1.82) is 0 Å². The van der Waals surface area contributed by atoms with Crippen LogP contribution in [-0.2, 0) is 11.2 Å². The van der Waals surface area contributed by atoms with Crippen LogP contribution in [0.3, 0.4) is 0 Å². The fraction of sp³-hybridized carbons (Fsp3) is 0.556. The van der Waals surface area contributed by atoms with Crippen molar-refractivity contribution in [2.45, 2.75) is 75.5 Å². The molecule has 178 valence electrons. The van der Waals surface area contributed by atoms with Crippen LogP contribution < -0.4 is 4.74 Å². The predicted octanol–water partition coefficient (Wildman–Crippen LogP) is 4.43. The molecule has 6 heteroatoms. The third-order valence-electron chi connectivity index (χ3n) is 7.76. The van der Waals surface area contributed by atoms with Gasteiger partial charge >= 0.3 is 0 Å². The van der Waals surface area contributed by atoms with E-state index in [0.717, 1.165) is 34.3 Å². The molecule has 2 aromatic carbocycles. The van der Waals surface area contributed by atoms with Crippen molar-refractivity contribution in [1.82, 2.24) is 0 Å². The fourth-order valence-electron chi connectivity index (χ4n) is 5.95. The van der Waals surface area contributed by atoms with E-state index in [2.05, 4.69) is 24.3 Å². The number of aliphatic hydroxyl groups is 3. The summed E-state index contributed by atoms with van der Waals surface area (Å²) in [4.78, 5) is 0. The number of rotatable bonds is 6. The van der Waals surface area contributed by atoms with Crippen molar-refractivity contribution in [3.8, 4) is 5.75 Å². The van der Waals surface area contributed by atoms with Crippen LogP contribution >= 0.6 is 11.6 Å². The number of ether oxygens (including phenoxy) is 2. The first-order valence-corrected chi connectivity index (χ1v) is 12.5. The largest absolute Gasteiger partial charge is 0.490 e. The topological polar surface area (TPSA) is 79.2 Å². The molecule has 3 N–H and O–H groups in total. The number of hydrogen-bond donors (Lipinski definition) is 3. The maximum atomic E-state index is 10.2. The van der Waals surface area contributed by atoms with E-state index in [1.54, 1.807) is 0 Å². The zero-order valence-corrected chi connectivity index (χ0v) is 19.5. The quantitative estimate of drug-likeness (QED) is 0.579. The van der Waals surface area contributed by atoms with Gasteiger partial charge < -0.3 is 24.8 Å². The Hall–Kier alpha value is -1.63. The van der Waals surface area contributed by atoms with E-state index < -0.39 is 24.4 Å². The summed E-state index contributed by atoms with van der Waals surface area (Å²) in [6.45, 7) is -0.342. The van der Waals surface area contributed by atoms with E-state index in [4.69, 9.17) is 21.1 Å². The summed E-state index contributed by atoms with van der Waals surface area (Å²) in [5, 5.41) is 30.3. The van der Waals surface area contributed by atoms with Crippen LogP contribution in [-0.4, -0.2) is 46.3 Å². The summed E-state index contributed by atoms with van der Waals surface area (Å²) in [6, 6.07) is 14.0. The molecule has 0 bridgehead atoms. The van der Waals surface area contributed by atoms with Gasteiger partial charge in [-0.05, 0) is 66.0 Å². The van der Waals surface area contributed by atoms with Gasteiger partial charge in [0.25, 0.3) is 0 Å². The van der Waals surface area contributed by atoms with Gasteiger partial charge in [0, 0.05) is 11.4 Å². The molecule has 3 unspecified atom stereocenters. The highest BCUT2D eigenvalue weighted by molar-refractivity contribution is 6.31. The number of aliphatic hydroxyl groups excluding tert-OH is 3. The van der Waals surface area contributed by atoms with Gasteiger partial charge in [0.05, 0.1) is 24.9 Å². The maximum absolute atomic E-state index is 10.2. The zero-order chi connectivity index (χ0) is 22.9. The van der Waals surface area contributed by atoms with Crippen molar-refractivity contribution >= 4 is 11.6 Å². The van der Waals surface area contributed by atoms with Gasteiger partial charge in [-0.2, -0.15) is 0 Å². The molecule has 2 saturated carbocycles. The second-order valence-corrected chi connectivity index (χ2v) is 10.4. The lowest BCUT2D eigenvalue weighted by atomic mass is 9.92. The molecule has 6 atom stereocenters. The number of hydrogen-bond acceptors (Lipinski definition) is 5. The second-order valence-electron chi connectivity index (χ2n) is 9.97. The van der Waals surface area contributed by atoms with Gasteiger partial charge in [-0.25, -0.2) is 0 Å². The molecule has 0 spiro atoms. The van der Waals surface area contributed by atoms with Crippen LogP contribution in [0, 0.1) is 11.8 Å². The summed E-state index contributed by atoms with van der Waals surface area (Å²) >= 11 is 6.49. The van der Waals surface area contributed by atoms with E-state index in [1.165, 1.54) is 32.1 Å². The summed E-state index contributed by atoms with van der Waals surface area (Å²) in [5.74, 6) is 2.67. The smallest absolute Gasteiger partial charge is 0.119 e. The standard InChI is InChI=1S/C27H33ClO5/c28-23-9-6-19(25-14-24(30)27(31)26(15-29)33-25)11-20(23)10-16-4-7-21(8-5-16)32-22-12-17-2-1-3-18(17)13-22/h4-9,11,17-18,22,24-27,29-31H,1-3,10,12-15H2/t17?,18?,22?,24-,25?,26-,27+/m1/s1. The van der Waals surface area contributed by atoms with Gasteiger partial charge in [0.1, 0.15) is 18.0 Å². The van der Waals surface area contributed by atoms with Crippen molar-refractivity contribution in [2.24, 2.45) is 11.8 Å². The molecule has 1 saturated heterocycles. The number of benzene rings is 2. The average molecular weight is 473 g/mol. The van der Waals surface area contributed by atoms with Crippen molar-refractivity contribution < 1.29 is 24.8 Å². The van der Waals surface area contributed by atoms with Gasteiger partial charge in [0.2, 0.25) is 0 Å². The molecule has 0 aromatic heterocycles. The van der Waals surface area contributed by atoms with Crippen molar-refractivity contribution in [3.63, 3.8) is 0 Å². The normalized spacial score (nSPS) is 33.8. The van der Waals surface area contributed by atoms with Gasteiger partial charge in [-0.1, -0.05) is 55.1 Å². The molecule has 33 heavy (non-hydrogen) atoms. The lowest BCUT2D eigenvalue weighted by molar-refractivity contribution is -0.181. The third kappa shape index (κ3) is 5.08.